The quantitative estimate of drug-likeness (QED) is 0.702. The van der Waals surface area contributed by atoms with Crippen LogP contribution in [0.5, 0.6) is 0 Å². The molecule has 0 spiro atoms. The summed E-state index contributed by atoms with van der Waals surface area (Å²) in [6, 6.07) is 1.80. The number of aryl methyl sites for hydroxylation is 1. The number of halogens is 3. The molecule has 1 aliphatic rings. The number of rotatable bonds is 3. The van der Waals surface area contributed by atoms with Gasteiger partial charge in [0.1, 0.15) is 11.6 Å². The first-order valence-electron chi connectivity index (χ1n) is 8.59. The van der Waals surface area contributed by atoms with Crippen LogP contribution in [0, 0.1) is 0 Å². The van der Waals surface area contributed by atoms with Crippen LogP contribution in [0.1, 0.15) is 30.3 Å². The van der Waals surface area contributed by atoms with Crippen molar-refractivity contribution in [3.8, 4) is 5.82 Å². The summed E-state index contributed by atoms with van der Waals surface area (Å²) >= 11 is 0. The second kappa shape index (κ2) is 6.67. The van der Waals surface area contributed by atoms with Gasteiger partial charge in [0.05, 0.1) is 12.4 Å². The van der Waals surface area contributed by atoms with Gasteiger partial charge in [0.15, 0.2) is 11.5 Å². The zero-order valence-electron chi connectivity index (χ0n) is 14.6. The smallest absolute Gasteiger partial charge is 0.355 e. The zero-order valence-corrected chi connectivity index (χ0v) is 14.6. The van der Waals surface area contributed by atoms with Crippen molar-refractivity contribution in [1.82, 2.24) is 29.3 Å². The number of nitrogens with zero attached hydrogens (tertiary/aromatic N) is 7. The minimum Gasteiger partial charge on any atom is -0.355 e. The maximum atomic E-state index is 13.0. The largest absolute Gasteiger partial charge is 0.434 e. The molecule has 1 aliphatic heterocycles. The van der Waals surface area contributed by atoms with Crippen LogP contribution in [-0.4, -0.2) is 42.4 Å². The van der Waals surface area contributed by atoms with E-state index >= 15 is 0 Å². The number of piperidine rings is 1. The summed E-state index contributed by atoms with van der Waals surface area (Å²) < 4.78 is 42.0. The third kappa shape index (κ3) is 3.51. The minimum absolute atomic E-state index is 0.102. The van der Waals surface area contributed by atoms with Gasteiger partial charge in [-0.3, -0.25) is 4.98 Å². The Hall–Kier alpha value is -2.91. The standard InChI is InChI=1S/C17H18F3N7/c1-25-11-13(17(18,19)20)23-16(25)12-4-2-6-26(10-12)14-8-21-9-15(24-14)27-7-3-5-22-27/h3,5,7-9,11-12H,2,4,6,10H2,1H3/t12-/m0/s1. The molecule has 0 bridgehead atoms. The second-order valence-corrected chi connectivity index (χ2v) is 6.56. The monoisotopic (exact) mass is 377 g/mol. The fourth-order valence-electron chi connectivity index (χ4n) is 3.41. The summed E-state index contributed by atoms with van der Waals surface area (Å²) in [7, 11) is 1.61. The van der Waals surface area contributed by atoms with E-state index in [9.17, 15) is 13.2 Å². The number of alkyl halides is 3. The first-order chi connectivity index (χ1) is 12.9. The summed E-state index contributed by atoms with van der Waals surface area (Å²) in [5.74, 6) is 1.62. The molecule has 0 N–H and O–H groups in total. The van der Waals surface area contributed by atoms with Crippen LogP contribution in [0.4, 0.5) is 19.0 Å². The van der Waals surface area contributed by atoms with Gasteiger partial charge in [-0.1, -0.05) is 0 Å². The van der Waals surface area contributed by atoms with Crippen LogP contribution in [0.3, 0.4) is 0 Å². The highest BCUT2D eigenvalue weighted by Gasteiger charge is 2.36. The number of imidazole rings is 1. The third-order valence-electron chi connectivity index (χ3n) is 4.66. The van der Waals surface area contributed by atoms with Crippen LogP contribution >= 0.6 is 0 Å². The van der Waals surface area contributed by atoms with Crippen LogP contribution in [0.2, 0.25) is 0 Å². The van der Waals surface area contributed by atoms with Gasteiger partial charge < -0.3 is 9.47 Å². The average molecular weight is 377 g/mol. The minimum atomic E-state index is -4.44. The van der Waals surface area contributed by atoms with Crippen molar-refractivity contribution in [3.63, 3.8) is 0 Å². The van der Waals surface area contributed by atoms with Crippen molar-refractivity contribution in [3.05, 3.63) is 48.6 Å². The molecule has 142 valence electrons. The van der Waals surface area contributed by atoms with Gasteiger partial charge in [-0.15, -0.1) is 0 Å². The molecule has 1 atom stereocenters. The lowest BCUT2D eigenvalue weighted by molar-refractivity contribution is -0.141. The number of hydrogen-bond acceptors (Lipinski definition) is 5. The predicted octanol–water partition coefficient (Wildman–Crippen LogP) is 2.80. The Balaban J connectivity index is 1.57. The molecule has 0 unspecified atom stereocenters. The zero-order chi connectivity index (χ0) is 19.0. The lowest BCUT2D eigenvalue weighted by Gasteiger charge is -2.33. The molecule has 0 aliphatic carbocycles. The van der Waals surface area contributed by atoms with Gasteiger partial charge in [-0.2, -0.15) is 18.3 Å². The lowest BCUT2D eigenvalue weighted by atomic mass is 9.97. The molecular weight excluding hydrogens is 359 g/mol. The Morgan fingerprint density at radius 3 is 2.67 bits per heavy atom. The van der Waals surface area contributed by atoms with Gasteiger partial charge >= 0.3 is 6.18 Å². The Bertz CT molecular complexity index is 917. The summed E-state index contributed by atoms with van der Waals surface area (Å²) in [6.45, 7) is 1.31. The van der Waals surface area contributed by atoms with Crippen molar-refractivity contribution in [2.24, 2.45) is 7.05 Å². The van der Waals surface area contributed by atoms with E-state index in [1.54, 1.807) is 42.6 Å². The highest BCUT2D eigenvalue weighted by Crippen LogP contribution is 2.33. The van der Waals surface area contributed by atoms with E-state index in [4.69, 9.17) is 0 Å². The van der Waals surface area contributed by atoms with Gasteiger partial charge in [0.25, 0.3) is 0 Å². The van der Waals surface area contributed by atoms with Crippen LogP contribution in [0.15, 0.2) is 37.1 Å². The van der Waals surface area contributed by atoms with E-state index < -0.39 is 11.9 Å². The van der Waals surface area contributed by atoms with E-state index in [0.717, 1.165) is 25.6 Å². The molecule has 27 heavy (non-hydrogen) atoms. The first kappa shape index (κ1) is 17.5. The Kier molecular flexibility index (Phi) is 4.33. The van der Waals surface area contributed by atoms with E-state index in [2.05, 4.69) is 20.1 Å². The fraction of sp³-hybridized carbons (Fsp3) is 0.412. The summed E-state index contributed by atoms with van der Waals surface area (Å²) in [4.78, 5) is 14.7. The Morgan fingerprint density at radius 1 is 1.15 bits per heavy atom. The molecule has 7 nitrogen and oxygen atoms in total. The van der Waals surface area contributed by atoms with Crippen molar-refractivity contribution in [2.75, 3.05) is 18.0 Å². The van der Waals surface area contributed by atoms with E-state index in [-0.39, 0.29) is 5.92 Å². The predicted molar refractivity (Wildman–Crippen MR) is 91.6 cm³/mol. The molecule has 0 saturated carbocycles. The number of aromatic nitrogens is 6. The van der Waals surface area contributed by atoms with E-state index in [1.165, 1.54) is 4.57 Å². The number of anilines is 1. The lowest BCUT2D eigenvalue weighted by Crippen LogP contribution is -2.36. The topological polar surface area (TPSA) is 64.7 Å². The van der Waals surface area contributed by atoms with E-state index in [1.807, 2.05) is 4.90 Å². The SMILES string of the molecule is Cn1cc(C(F)(F)F)nc1[C@H]1CCCN(c2cncc(-n3cccn3)n2)C1. The maximum Gasteiger partial charge on any atom is 0.434 e. The molecule has 0 radical (unpaired) electrons. The molecule has 0 aromatic carbocycles. The van der Waals surface area contributed by atoms with Gasteiger partial charge in [0.2, 0.25) is 0 Å². The Morgan fingerprint density at radius 2 is 1.96 bits per heavy atom. The maximum absolute atomic E-state index is 13.0. The number of hydrogen-bond donors (Lipinski definition) is 0. The summed E-state index contributed by atoms with van der Waals surface area (Å²) in [6.07, 6.45) is 4.95. The van der Waals surface area contributed by atoms with Gasteiger partial charge in [-0.05, 0) is 18.9 Å². The summed E-state index contributed by atoms with van der Waals surface area (Å²) in [5, 5.41) is 4.15. The van der Waals surface area contributed by atoms with Crippen LogP contribution in [0.25, 0.3) is 5.82 Å². The highest BCUT2D eigenvalue weighted by atomic mass is 19.4. The molecule has 4 heterocycles. The van der Waals surface area contributed by atoms with Crippen molar-refractivity contribution in [2.45, 2.75) is 24.9 Å². The molecule has 1 fully saturated rings. The average Bonchev–Trinajstić information content (AvgIpc) is 3.31. The van der Waals surface area contributed by atoms with Crippen LogP contribution < -0.4 is 4.90 Å². The van der Waals surface area contributed by atoms with Crippen molar-refractivity contribution < 1.29 is 13.2 Å². The fourth-order valence-corrected chi connectivity index (χ4v) is 3.41. The normalized spacial score (nSPS) is 18.1. The molecular formula is C17H18F3N7. The first-order valence-corrected chi connectivity index (χ1v) is 8.59. The Labute approximate surface area is 153 Å². The van der Waals surface area contributed by atoms with Gasteiger partial charge in [0, 0.05) is 44.6 Å². The second-order valence-electron chi connectivity index (χ2n) is 6.56. The third-order valence-corrected chi connectivity index (χ3v) is 4.66. The molecule has 3 aromatic rings. The summed E-state index contributed by atoms with van der Waals surface area (Å²) in [5.41, 5.74) is -0.849. The molecule has 1 saturated heterocycles. The van der Waals surface area contributed by atoms with E-state index in [0.29, 0.717) is 24.0 Å². The van der Waals surface area contributed by atoms with Crippen molar-refractivity contribution >= 4 is 5.82 Å². The van der Waals surface area contributed by atoms with Gasteiger partial charge in [-0.25, -0.2) is 14.6 Å². The molecule has 0 amide bonds. The molecule has 4 rings (SSSR count). The molecule has 3 aromatic heterocycles. The highest BCUT2D eigenvalue weighted by molar-refractivity contribution is 5.40. The van der Waals surface area contributed by atoms with Crippen LogP contribution in [-0.2, 0) is 13.2 Å². The van der Waals surface area contributed by atoms with Crippen molar-refractivity contribution in [1.29, 1.82) is 0 Å². The molecule has 10 heteroatoms.